The van der Waals surface area contributed by atoms with E-state index in [-0.39, 0.29) is 6.42 Å². The maximum atomic E-state index is 10.5. The molecule has 0 fully saturated rings. The van der Waals surface area contributed by atoms with Crippen LogP contribution in [0.5, 0.6) is 5.75 Å². The number of carboxylic acid groups (broad SMARTS) is 1. The lowest BCUT2D eigenvalue weighted by Crippen LogP contribution is -2.07. The minimum atomic E-state index is -0.824. The van der Waals surface area contributed by atoms with E-state index < -0.39 is 5.97 Å². The molecule has 0 atom stereocenters. The Kier molecular flexibility index (Phi) is 8.47. The molecule has 0 aliphatic rings. The Morgan fingerprint density at radius 2 is 1.80 bits per heavy atom. The minimum Gasteiger partial charge on any atom is -0.491 e. The summed E-state index contributed by atoms with van der Waals surface area (Å²) >= 11 is 0. The van der Waals surface area contributed by atoms with Crippen LogP contribution in [0.25, 0.3) is 0 Å². The van der Waals surface area contributed by atoms with E-state index in [0.717, 1.165) is 24.3 Å². The van der Waals surface area contributed by atoms with Crippen LogP contribution in [0.1, 0.15) is 38.2 Å². The van der Waals surface area contributed by atoms with Crippen molar-refractivity contribution in [1.82, 2.24) is 0 Å². The highest BCUT2D eigenvalue weighted by molar-refractivity contribution is 5.70. The third-order valence-electron chi connectivity index (χ3n) is 2.92. The smallest absolute Gasteiger partial charge is 0.307 e. The SMILES string of the molecule is CCCCCCOCCOc1ccc(CC(=O)O)cc1. The predicted molar refractivity (Wildman–Crippen MR) is 78.2 cm³/mol. The summed E-state index contributed by atoms with van der Waals surface area (Å²) in [6.45, 7) is 4.09. The fourth-order valence-electron chi connectivity index (χ4n) is 1.83. The lowest BCUT2D eigenvalue weighted by atomic mass is 10.1. The molecule has 0 amide bonds. The van der Waals surface area contributed by atoms with Gasteiger partial charge in [0.25, 0.3) is 0 Å². The summed E-state index contributed by atoms with van der Waals surface area (Å²) in [6, 6.07) is 7.13. The van der Waals surface area contributed by atoms with Crippen molar-refractivity contribution in [3.05, 3.63) is 29.8 Å². The van der Waals surface area contributed by atoms with E-state index in [9.17, 15) is 4.79 Å². The summed E-state index contributed by atoms with van der Waals surface area (Å²) < 4.78 is 11.0. The Bertz CT molecular complexity index is 373. The largest absolute Gasteiger partial charge is 0.491 e. The highest BCUT2D eigenvalue weighted by Gasteiger charge is 2.00. The van der Waals surface area contributed by atoms with Gasteiger partial charge in [0.2, 0.25) is 0 Å². The van der Waals surface area contributed by atoms with E-state index in [4.69, 9.17) is 14.6 Å². The van der Waals surface area contributed by atoms with Crippen molar-refractivity contribution in [3.8, 4) is 5.75 Å². The number of aliphatic carboxylic acids is 1. The molecule has 4 heteroatoms. The summed E-state index contributed by atoms with van der Waals surface area (Å²) in [5.41, 5.74) is 0.775. The van der Waals surface area contributed by atoms with Crippen LogP contribution in [0, 0.1) is 0 Å². The van der Waals surface area contributed by atoms with Crippen LogP contribution in [-0.4, -0.2) is 30.9 Å². The van der Waals surface area contributed by atoms with Crippen molar-refractivity contribution in [2.75, 3.05) is 19.8 Å². The molecule has 0 radical (unpaired) electrons. The standard InChI is InChI=1S/C16H24O4/c1-2-3-4-5-10-19-11-12-20-15-8-6-14(7-9-15)13-16(17)18/h6-9H,2-5,10-13H2,1H3,(H,17,18). The first-order valence-corrected chi connectivity index (χ1v) is 7.23. The average Bonchev–Trinajstić information content (AvgIpc) is 2.43. The maximum absolute atomic E-state index is 10.5. The highest BCUT2D eigenvalue weighted by atomic mass is 16.5. The zero-order valence-electron chi connectivity index (χ0n) is 12.1. The van der Waals surface area contributed by atoms with E-state index in [1.165, 1.54) is 19.3 Å². The second-order valence-electron chi connectivity index (χ2n) is 4.74. The summed E-state index contributed by atoms with van der Waals surface area (Å²) in [7, 11) is 0. The number of carboxylic acids is 1. The summed E-state index contributed by atoms with van der Waals surface area (Å²) in [5.74, 6) is -0.0798. The third-order valence-corrected chi connectivity index (χ3v) is 2.92. The molecule has 0 saturated heterocycles. The molecule has 1 aromatic rings. The van der Waals surface area contributed by atoms with Crippen LogP contribution in [0.4, 0.5) is 0 Å². The summed E-state index contributed by atoms with van der Waals surface area (Å²) in [6.07, 6.45) is 4.88. The molecule has 1 N–H and O–H groups in total. The molecule has 1 rings (SSSR count). The van der Waals surface area contributed by atoms with Crippen molar-refractivity contribution < 1.29 is 19.4 Å². The quantitative estimate of drug-likeness (QED) is 0.632. The number of rotatable bonds is 11. The Balaban J connectivity index is 2.08. The van der Waals surface area contributed by atoms with Gasteiger partial charge in [-0.25, -0.2) is 0 Å². The number of benzene rings is 1. The first kappa shape index (κ1) is 16.5. The number of hydrogen-bond donors (Lipinski definition) is 1. The van der Waals surface area contributed by atoms with Gasteiger partial charge in [0.05, 0.1) is 13.0 Å². The van der Waals surface area contributed by atoms with Crippen LogP contribution in [0.3, 0.4) is 0 Å². The molecular formula is C16H24O4. The topological polar surface area (TPSA) is 55.8 Å². The predicted octanol–water partition coefficient (Wildman–Crippen LogP) is 3.29. The molecule has 112 valence electrons. The summed E-state index contributed by atoms with van der Waals surface area (Å²) in [5, 5.41) is 8.67. The Labute approximate surface area is 120 Å². The first-order chi connectivity index (χ1) is 9.72. The van der Waals surface area contributed by atoms with E-state index >= 15 is 0 Å². The van der Waals surface area contributed by atoms with Crippen LogP contribution < -0.4 is 4.74 Å². The lowest BCUT2D eigenvalue weighted by molar-refractivity contribution is -0.136. The molecule has 0 saturated carbocycles. The van der Waals surface area contributed by atoms with Crippen molar-refractivity contribution in [2.45, 2.75) is 39.0 Å². The van der Waals surface area contributed by atoms with Crippen molar-refractivity contribution in [2.24, 2.45) is 0 Å². The maximum Gasteiger partial charge on any atom is 0.307 e. The number of hydrogen-bond acceptors (Lipinski definition) is 3. The number of unbranched alkanes of at least 4 members (excludes halogenated alkanes) is 3. The van der Waals surface area contributed by atoms with Gasteiger partial charge in [0.1, 0.15) is 12.4 Å². The fourth-order valence-corrected chi connectivity index (χ4v) is 1.83. The van der Waals surface area contributed by atoms with E-state index in [2.05, 4.69) is 6.92 Å². The van der Waals surface area contributed by atoms with Gasteiger partial charge < -0.3 is 14.6 Å². The zero-order chi connectivity index (χ0) is 14.6. The lowest BCUT2D eigenvalue weighted by Gasteiger charge is -2.07. The van der Waals surface area contributed by atoms with Gasteiger partial charge >= 0.3 is 5.97 Å². The monoisotopic (exact) mass is 280 g/mol. The van der Waals surface area contributed by atoms with Crippen molar-refractivity contribution >= 4 is 5.97 Å². The van der Waals surface area contributed by atoms with Crippen LogP contribution in [0.15, 0.2) is 24.3 Å². The molecule has 4 nitrogen and oxygen atoms in total. The molecule has 0 spiro atoms. The fraction of sp³-hybridized carbons (Fsp3) is 0.562. The highest BCUT2D eigenvalue weighted by Crippen LogP contribution is 2.12. The number of carbonyl (C=O) groups is 1. The van der Waals surface area contributed by atoms with E-state index in [1.807, 2.05) is 0 Å². The van der Waals surface area contributed by atoms with Gasteiger partial charge in [0.15, 0.2) is 0 Å². The van der Waals surface area contributed by atoms with Crippen molar-refractivity contribution in [3.63, 3.8) is 0 Å². The second-order valence-corrected chi connectivity index (χ2v) is 4.74. The van der Waals surface area contributed by atoms with Gasteiger partial charge in [-0.15, -0.1) is 0 Å². The van der Waals surface area contributed by atoms with Gasteiger partial charge in [0, 0.05) is 6.61 Å². The Morgan fingerprint density at radius 1 is 1.05 bits per heavy atom. The third kappa shape index (κ3) is 7.79. The van der Waals surface area contributed by atoms with Gasteiger partial charge in [-0.05, 0) is 24.1 Å². The molecule has 1 aromatic carbocycles. The average molecular weight is 280 g/mol. The van der Waals surface area contributed by atoms with Gasteiger partial charge in [-0.3, -0.25) is 4.79 Å². The molecule has 0 heterocycles. The summed E-state index contributed by atoms with van der Waals surface area (Å²) in [4.78, 5) is 10.5. The Morgan fingerprint density at radius 3 is 2.45 bits per heavy atom. The molecule has 0 aromatic heterocycles. The second kappa shape index (κ2) is 10.3. The molecule has 20 heavy (non-hydrogen) atoms. The van der Waals surface area contributed by atoms with Crippen molar-refractivity contribution in [1.29, 1.82) is 0 Å². The van der Waals surface area contributed by atoms with Gasteiger partial charge in [-0.2, -0.15) is 0 Å². The molecular weight excluding hydrogens is 256 g/mol. The minimum absolute atomic E-state index is 0.0428. The van der Waals surface area contributed by atoms with Crippen LogP contribution >= 0.6 is 0 Å². The Hall–Kier alpha value is -1.55. The zero-order valence-corrected chi connectivity index (χ0v) is 12.1. The molecule has 0 unspecified atom stereocenters. The normalized spacial score (nSPS) is 10.4. The number of ether oxygens (including phenoxy) is 2. The van der Waals surface area contributed by atoms with Crippen LogP contribution in [0.2, 0.25) is 0 Å². The van der Waals surface area contributed by atoms with Crippen LogP contribution in [-0.2, 0) is 16.0 Å². The van der Waals surface area contributed by atoms with Gasteiger partial charge in [-0.1, -0.05) is 38.3 Å². The molecule has 0 aliphatic heterocycles. The molecule has 0 bridgehead atoms. The van der Waals surface area contributed by atoms with E-state index in [1.54, 1.807) is 24.3 Å². The van der Waals surface area contributed by atoms with E-state index in [0.29, 0.717) is 13.2 Å². The first-order valence-electron chi connectivity index (χ1n) is 7.23. The molecule has 0 aliphatic carbocycles.